The van der Waals surface area contributed by atoms with Crippen LogP contribution in [0.2, 0.25) is 5.02 Å². The summed E-state index contributed by atoms with van der Waals surface area (Å²) in [5.41, 5.74) is 0.661. The normalized spacial score (nSPS) is 16.2. The second-order valence-electron chi connectivity index (χ2n) is 7.43. The third-order valence-electron chi connectivity index (χ3n) is 5.16. The van der Waals surface area contributed by atoms with E-state index in [-0.39, 0.29) is 27.6 Å². The van der Waals surface area contributed by atoms with Crippen molar-refractivity contribution < 1.29 is 22.8 Å². The third kappa shape index (κ3) is 5.34. The van der Waals surface area contributed by atoms with E-state index < -0.39 is 17.6 Å². The Bertz CT molecular complexity index is 1170. The molecule has 0 aromatic heterocycles. The van der Waals surface area contributed by atoms with E-state index in [0.29, 0.717) is 12.3 Å². The van der Waals surface area contributed by atoms with Gasteiger partial charge in [0.15, 0.2) is 0 Å². The Labute approximate surface area is 197 Å². The molecule has 3 aromatic rings. The Morgan fingerprint density at radius 1 is 1.06 bits per heavy atom. The van der Waals surface area contributed by atoms with Crippen LogP contribution in [-0.2, 0) is 17.5 Å². The minimum absolute atomic E-state index is 0.0260. The van der Waals surface area contributed by atoms with E-state index in [9.17, 15) is 22.8 Å². The molecule has 1 aliphatic heterocycles. The Hall–Kier alpha value is -2.97. The zero-order chi connectivity index (χ0) is 23.6. The van der Waals surface area contributed by atoms with Gasteiger partial charge in [-0.25, -0.2) is 0 Å². The van der Waals surface area contributed by atoms with Gasteiger partial charge in [0.2, 0.25) is 5.91 Å². The highest BCUT2D eigenvalue weighted by atomic mass is 35.5. The number of hydrogen-bond acceptors (Lipinski definition) is 3. The Balaban J connectivity index is 1.50. The molecular weight excluding hydrogens is 473 g/mol. The topological polar surface area (TPSA) is 49.4 Å². The van der Waals surface area contributed by atoms with Crippen LogP contribution in [0.1, 0.15) is 32.4 Å². The molecule has 4 rings (SSSR count). The Kier molecular flexibility index (Phi) is 6.67. The van der Waals surface area contributed by atoms with Crippen molar-refractivity contribution in [3.05, 3.63) is 100 Å². The number of benzene rings is 3. The van der Waals surface area contributed by atoms with Crippen molar-refractivity contribution in [2.75, 3.05) is 11.1 Å². The lowest BCUT2D eigenvalue weighted by Gasteiger charge is -2.24. The molecule has 33 heavy (non-hydrogen) atoms. The standard InChI is InChI=1S/C24H18ClF3N2O2S/c25-18-10-11-20(19(12-18)24(26,27)28)29-22(32)16-6-8-17(9-7-16)23-30(21(31)14-33-23)13-15-4-2-1-3-5-15/h1-12,23H,13-14H2,(H,29,32)/t23-/m1/s1. The second-order valence-corrected chi connectivity index (χ2v) is 8.94. The average Bonchev–Trinajstić information content (AvgIpc) is 3.15. The number of thioether (sulfide) groups is 1. The quantitative estimate of drug-likeness (QED) is 0.451. The van der Waals surface area contributed by atoms with Gasteiger partial charge in [-0.2, -0.15) is 13.2 Å². The van der Waals surface area contributed by atoms with Crippen LogP contribution in [0.5, 0.6) is 0 Å². The van der Waals surface area contributed by atoms with Gasteiger partial charge in [-0.15, -0.1) is 11.8 Å². The first-order chi connectivity index (χ1) is 15.7. The lowest BCUT2D eigenvalue weighted by atomic mass is 10.1. The summed E-state index contributed by atoms with van der Waals surface area (Å²) in [5.74, 6) is -0.292. The lowest BCUT2D eigenvalue weighted by Crippen LogP contribution is -2.27. The van der Waals surface area contributed by atoms with Crippen molar-refractivity contribution in [2.45, 2.75) is 18.1 Å². The molecule has 1 N–H and O–H groups in total. The molecule has 1 heterocycles. The van der Waals surface area contributed by atoms with Crippen molar-refractivity contribution in [1.29, 1.82) is 0 Å². The summed E-state index contributed by atoms with van der Waals surface area (Å²) < 4.78 is 39.9. The van der Waals surface area contributed by atoms with Gasteiger partial charge in [0, 0.05) is 17.1 Å². The fourth-order valence-electron chi connectivity index (χ4n) is 3.53. The molecule has 1 aliphatic rings. The fourth-order valence-corrected chi connectivity index (χ4v) is 4.89. The molecule has 0 spiro atoms. The lowest BCUT2D eigenvalue weighted by molar-refractivity contribution is -0.137. The predicted molar refractivity (Wildman–Crippen MR) is 123 cm³/mol. The molecule has 1 fully saturated rings. The van der Waals surface area contributed by atoms with Crippen LogP contribution in [-0.4, -0.2) is 22.5 Å². The van der Waals surface area contributed by atoms with Gasteiger partial charge in [0.1, 0.15) is 5.37 Å². The number of rotatable bonds is 5. The highest BCUT2D eigenvalue weighted by molar-refractivity contribution is 8.00. The van der Waals surface area contributed by atoms with Gasteiger partial charge in [-0.3, -0.25) is 9.59 Å². The molecule has 0 bridgehead atoms. The molecule has 0 aliphatic carbocycles. The summed E-state index contributed by atoms with van der Waals surface area (Å²) in [7, 11) is 0. The van der Waals surface area contributed by atoms with Gasteiger partial charge in [-0.1, -0.05) is 54.1 Å². The second kappa shape index (κ2) is 9.49. The highest BCUT2D eigenvalue weighted by Crippen LogP contribution is 2.40. The monoisotopic (exact) mass is 490 g/mol. The maximum atomic E-state index is 13.3. The summed E-state index contributed by atoms with van der Waals surface area (Å²) >= 11 is 7.18. The van der Waals surface area contributed by atoms with Crippen molar-refractivity contribution in [3.8, 4) is 0 Å². The largest absolute Gasteiger partial charge is 0.418 e. The number of carbonyl (C=O) groups excluding carboxylic acids is 2. The van der Waals surface area contributed by atoms with E-state index in [0.717, 1.165) is 23.3 Å². The Morgan fingerprint density at radius 2 is 1.76 bits per heavy atom. The summed E-state index contributed by atoms with van der Waals surface area (Å²) in [6.07, 6.45) is -4.66. The molecule has 0 unspecified atom stereocenters. The number of anilines is 1. The van der Waals surface area contributed by atoms with Crippen molar-refractivity contribution in [3.63, 3.8) is 0 Å². The maximum Gasteiger partial charge on any atom is 0.418 e. The van der Waals surface area contributed by atoms with Crippen LogP contribution in [0.3, 0.4) is 0 Å². The summed E-state index contributed by atoms with van der Waals surface area (Å²) in [6.45, 7) is 0.469. The average molecular weight is 491 g/mol. The van der Waals surface area contributed by atoms with Crippen molar-refractivity contribution >= 4 is 40.9 Å². The smallest absolute Gasteiger partial charge is 0.322 e. The van der Waals surface area contributed by atoms with Gasteiger partial charge >= 0.3 is 6.18 Å². The van der Waals surface area contributed by atoms with Gasteiger partial charge < -0.3 is 10.2 Å². The molecule has 1 atom stereocenters. The number of nitrogens with zero attached hydrogens (tertiary/aromatic N) is 1. The van der Waals surface area contributed by atoms with E-state index in [1.807, 2.05) is 30.3 Å². The van der Waals surface area contributed by atoms with Crippen LogP contribution in [0, 0.1) is 0 Å². The summed E-state index contributed by atoms with van der Waals surface area (Å²) in [6, 6.07) is 19.3. The first-order valence-electron chi connectivity index (χ1n) is 9.95. The van der Waals surface area contributed by atoms with E-state index in [1.54, 1.807) is 17.0 Å². The fraction of sp³-hybridized carbons (Fsp3) is 0.167. The minimum atomic E-state index is -4.66. The van der Waals surface area contributed by atoms with Crippen LogP contribution < -0.4 is 5.32 Å². The highest BCUT2D eigenvalue weighted by Gasteiger charge is 2.35. The van der Waals surface area contributed by atoms with Crippen LogP contribution in [0.25, 0.3) is 0 Å². The number of amides is 2. The van der Waals surface area contributed by atoms with Gasteiger partial charge in [-0.05, 0) is 41.5 Å². The predicted octanol–water partition coefficient (Wildman–Crippen LogP) is 6.39. The zero-order valence-corrected chi connectivity index (χ0v) is 18.7. The van der Waals surface area contributed by atoms with Crippen LogP contribution >= 0.6 is 23.4 Å². The first kappa shape index (κ1) is 23.2. The van der Waals surface area contributed by atoms with Gasteiger partial charge in [0.05, 0.1) is 17.0 Å². The molecular formula is C24H18ClF3N2O2S. The molecule has 170 valence electrons. The minimum Gasteiger partial charge on any atom is -0.322 e. The summed E-state index contributed by atoms with van der Waals surface area (Å²) in [5, 5.41) is 2.03. The number of nitrogens with one attached hydrogen (secondary N) is 1. The SMILES string of the molecule is O=C(Nc1ccc(Cl)cc1C(F)(F)F)c1ccc([C@H]2SCC(=O)N2Cc2ccccc2)cc1. The van der Waals surface area contributed by atoms with Gasteiger partial charge in [0.25, 0.3) is 5.91 Å². The molecule has 3 aromatic carbocycles. The molecule has 1 saturated heterocycles. The number of hydrogen-bond donors (Lipinski definition) is 1. The molecule has 0 radical (unpaired) electrons. The third-order valence-corrected chi connectivity index (χ3v) is 6.65. The molecule has 9 heteroatoms. The maximum absolute atomic E-state index is 13.3. The van der Waals surface area contributed by atoms with Crippen LogP contribution in [0.15, 0.2) is 72.8 Å². The molecule has 2 amide bonds. The Morgan fingerprint density at radius 3 is 2.42 bits per heavy atom. The number of carbonyl (C=O) groups is 2. The molecule has 0 saturated carbocycles. The van der Waals surface area contributed by atoms with Crippen molar-refractivity contribution in [1.82, 2.24) is 4.90 Å². The van der Waals surface area contributed by atoms with E-state index >= 15 is 0 Å². The van der Waals surface area contributed by atoms with Crippen LogP contribution in [0.4, 0.5) is 18.9 Å². The zero-order valence-electron chi connectivity index (χ0n) is 17.1. The van der Waals surface area contributed by atoms with Crippen molar-refractivity contribution in [2.24, 2.45) is 0 Å². The number of halogens is 4. The van der Waals surface area contributed by atoms with E-state index in [1.165, 1.54) is 30.0 Å². The molecule has 4 nitrogen and oxygen atoms in total. The first-order valence-corrected chi connectivity index (χ1v) is 11.4. The number of alkyl halides is 3. The summed E-state index contributed by atoms with van der Waals surface area (Å²) in [4.78, 5) is 26.8. The van der Waals surface area contributed by atoms with E-state index in [4.69, 9.17) is 11.6 Å². The van der Waals surface area contributed by atoms with E-state index in [2.05, 4.69) is 5.32 Å².